The Morgan fingerprint density at radius 1 is 1.71 bits per heavy atom. The van der Waals surface area contributed by atoms with Gasteiger partial charge in [-0.15, -0.1) is 0 Å². The van der Waals surface area contributed by atoms with Crippen molar-refractivity contribution in [3.05, 3.63) is 5.89 Å². The van der Waals surface area contributed by atoms with Gasteiger partial charge in [-0.3, -0.25) is 0 Å². The number of hydrogen-bond donors (Lipinski definition) is 0. The first kappa shape index (κ1) is 4.37. The molecule has 0 unspecified atom stereocenters. The fourth-order valence-electron chi connectivity index (χ4n) is 0.315. The van der Waals surface area contributed by atoms with Gasteiger partial charge in [-0.1, -0.05) is 5.16 Å². The van der Waals surface area contributed by atoms with Crippen LogP contribution in [-0.4, -0.2) is 18.0 Å². The topological polar surface area (TPSA) is 38.9 Å². The Morgan fingerprint density at radius 2 is 2.43 bits per heavy atom. The SMILES string of the molecule is [B]c1noc(C)n1. The summed E-state index contributed by atoms with van der Waals surface area (Å²) in [6, 6.07) is 0. The van der Waals surface area contributed by atoms with Crippen LogP contribution >= 0.6 is 0 Å². The minimum atomic E-state index is 0.192. The summed E-state index contributed by atoms with van der Waals surface area (Å²) in [6.07, 6.45) is 0. The smallest absolute Gasteiger partial charge is 0.222 e. The van der Waals surface area contributed by atoms with Gasteiger partial charge in [0.2, 0.25) is 5.89 Å². The van der Waals surface area contributed by atoms with Gasteiger partial charge < -0.3 is 4.52 Å². The number of aromatic nitrogens is 2. The molecule has 0 amide bonds. The molecule has 0 bridgehead atoms. The van der Waals surface area contributed by atoms with E-state index < -0.39 is 0 Å². The van der Waals surface area contributed by atoms with Crippen molar-refractivity contribution in [1.29, 1.82) is 0 Å². The normalized spacial score (nSPS) is 9.29. The lowest BCUT2D eigenvalue weighted by atomic mass is 10.1. The van der Waals surface area contributed by atoms with E-state index in [0.717, 1.165) is 0 Å². The molecule has 0 saturated heterocycles. The van der Waals surface area contributed by atoms with Crippen molar-refractivity contribution in [1.82, 2.24) is 10.1 Å². The van der Waals surface area contributed by atoms with Gasteiger partial charge in [0.1, 0.15) is 5.72 Å². The number of aryl methyl sites for hydroxylation is 1. The van der Waals surface area contributed by atoms with E-state index in [0.29, 0.717) is 5.89 Å². The molecule has 1 aromatic heterocycles. The summed E-state index contributed by atoms with van der Waals surface area (Å²) in [5.41, 5.74) is 0.192. The molecule has 0 aliphatic carbocycles. The summed E-state index contributed by atoms with van der Waals surface area (Å²) in [5, 5.41) is 3.31. The van der Waals surface area contributed by atoms with E-state index in [1.165, 1.54) is 0 Å². The van der Waals surface area contributed by atoms with Gasteiger partial charge >= 0.3 is 0 Å². The van der Waals surface area contributed by atoms with Crippen LogP contribution in [0.2, 0.25) is 0 Å². The summed E-state index contributed by atoms with van der Waals surface area (Å²) < 4.78 is 4.48. The zero-order valence-corrected chi connectivity index (χ0v) is 3.88. The lowest BCUT2D eigenvalue weighted by Crippen LogP contribution is -2.05. The second kappa shape index (κ2) is 1.37. The maximum absolute atomic E-state index is 5.06. The first-order chi connectivity index (χ1) is 3.29. The highest BCUT2D eigenvalue weighted by Crippen LogP contribution is 1.78. The van der Waals surface area contributed by atoms with Gasteiger partial charge in [0.15, 0.2) is 7.85 Å². The van der Waals surface area contributed by atoms with Crippen LogP contribution in [0.15, 0.2) is 4.52 Å². The largest absolute Gasteiger partial charge is 0.341 e. The Bertz CT molecular complexity index is 145. The van der Waals surface area contributed by atoms with Crippen LogP contribution in [0.1, 0.15) is 5.89 Å². The van der Waals surface area contributed by atoms with Crippen molar-refractivity contribution < 1.29 is 4.52 Å². The van der Waals surface area contributed by atoms with E-state index >= 15 is 0 Å². The summed E-state index contributed by atoms with van der Waals surface area (Å²) in [7, 11) is 5.06. The van der Waals surface area contributed by atoms with Gasteiger partial charge in [-0.25, -0.2) is 4.98 Å². The van der Waals surface area contributed by atoms with Crippen LogP contribution in [0, 0.1) is 6.92 Å². The van der Waals surface area contributed by atoms with E-state index in [1.54, 1.807) is 6.92 Å². The van der Waals surface area contributed by atoms with Crippen LogP contribution in [0.25, 0.3) is 0 Å². The van der Waals surface area contributed by atoms with Crippen LogP contribution in [-0.2, 0) is 0 Å². The van der Waals surface area contributed by atoms with Gasteiger partial charge in [0.05, 0.1) is 0 Å². The van der Waals surface area contributed by atoms with Gasteiger partial charge in [0, 0.05) is 6.92 Å². The molecule has 0 fully saturated rings. The molecule has 0 aromatic carbocycles. The van der Waals surface area contributed by atoms with E-state index in [1.807, 2.05) is 0 Å². The standard InChI is InChI=1S/C3H3BN2O/c1-2-5-3(4)6-7-2/h1H3. The molecule has 0 aliphatic rings. The van der Waals surface area contributed by atoms with Gasteiger partial charge in [-0.2, -0.15) is 0 Å². The Labute approximate surface area is 42.1 Å². The molecule has 1 aromatic rings. The zero-order valence-electron chi connectivity index (χ0n) is 3.88. The lowest BCUT2D eigenvalue weighted by Gasteiger charge is -1.64. The minimum absolute atomic E-state index is 0.192. The molecule has 2 radical (unpaired) electrons. The highest BCUT2D eigenvalue weighted by molar-refractivity contribution is 6.28. The summed E-state index contributed by atoms with van der Waals surface area (Å²) >= 11 is 0. The first-order valence-electron chi connectivity index (χ1n) is 1.85. The van der Waals surface area contributed by atoms with E-state index in [4.69, 9.17) is 7.85 Å². The average molecular weight is 93.9 g/mol. The fraction of sp³-hybridized carbons (Fsp3) is 0.333. The first-order valence-corrected chi connectivity index (χ1v) is 1.85. The van der Waals surface area contributed by atoms with Gasteiger partial charge in [0.25, 0.3) is 0 Å². The molecule has 0 saturated carbocycles. The molecule has 0 atom stereocenters. The predicted octanol–water partition coefficient (Wildman–Crippen LogP) is -0.828. The zero-order chi connectivity index (χ0) is 5.28. The third-order valence-electron chi connectivity index (χ3n) is 0.543. The Hall–Kier alpha value is -0.795. The highest BCUT2D eigenvalue weighted by Gasteiger charge is 1.89. The molecule has 0 spiro atoms. The molecule has 0 aliphatic heterocycles. The Morgan fingerprint density at radius 3 is 2.57 bits per heavy atom. The van der Waals surface area contributed by atoms with Crippen molar-refractivity contribution in [2.45, 2.75) is 6.92 Å². The second-order valence-corrected chi connectivity index (χ2v) is 1.17. The summed E-state index contributed by atoms with van der Waals surface area (Å²) in [6.45, 7) is 1.68. The molecule has 7 heavy (non-hydrogen) atoms. The van der Waals surface area contributed by atoms with Crippen molar-refractivity contribution in [2.24, 2.45) is 0 Å². The number of hydrogen-bond acceptors (Lipinski definition) is 3. The van der Waals surface area contributed by atoms with Crippen LogP contribution in [0.4, 0.5) is 0 Å². The van der Waals surface area contributed by atoms with Crippen LogP contribution < -0.4 is 5.72 Å². The number of rotatable bonds is 0. The molecule has 3 nitrogen and oxygen atoms in total. The molecular formula is C3H3BN2O. The molecular weight excluding hydrogens is 90.9 g/mol. The second-order valence-electron chi connectivity index (χ2n) is 1.17. The molecule has 4 heteroatoms. The van der Waals surface area contributed by atoms with Crippen molar-refractivity contribution in [3.63, 3.8) is 0 Å². The maximum atomic E-state index is 5.06. The fourth-order valence-corrected chi connectivity index (χ4v) is 0.315. The van der Waals surface area contributed by atoms with Crippen molar-refractivity contribution in [2.75, 3.05) is 0 Å². The highest BCUT2D eigenvalue weighted by atomic mass is 16.5. The van der Waals surface area contributed by atoms with E-state index in [9.17, 15) is 0 Å². The Kier molecular flexibility index (Phi) is 0.853. The quantitative estimate of drug-likeness (QED) is 0.394. The summed E-state index contributed by atoms with van der Waals surface area (Å²) in [5.74, 6) is 0.498. The molecule has 34 valence electrons. The minimum Gasteiger partial charge on any atom is -0.341 e. The third kappa shape index (κ3) is 0.794. The molecule has 0 N–H and O–H groups in total. The van der Waals surface area contributed by atoms with Crippen LogP contribution in [0.5, 0.6) is 0 Å². The van der Waals surface area contributed by atoms with Crippen LogP contribution in [0.3, 0.4) is 0 Å². The Balaban J connectivity index is 3.04. The summed E-state index contributed by atoms with van der Waals surface area (Å²) in [4.78, 5) is 3.61. The maximum Gasteiger partial charge on any atom is 0.222 e. The number of nitrogens with zero attached hydrogens (tertiary/aromatic N) is 2. The average Bonchev–Trinajstić information content (AvgIpc) is 1.87. The molecule has 1 heterocycles. The van der Waals surface area contributed by atoms with E-state index in [2.05, 4.69) is 14.7 Å². The van der Waals surface area contributed by atoms with E-state index in [-0.39, 0.29) is 5.72 Å². The monoisotopic (exact) mass is 94.0 g/mol. The van der Waals surface area contributed by atoms with Crippen molar-refractivity contribution >= 4 is 13.6 Å². The predicted molar refractivity (Wildman–Crippen MR) is 24.4 cm³/mol. The molecule has 1 rings (SSSR count). The third-order valence-corrected chi connectivity index (χ3v) is 0.543. The van der Waals surface area contributed by atoms with Crippen molar-refractivity contribution in [3.8, 4) is 0 Å². The lowest BCUT2D eigenvalue weighted by molar-refractivity contribution is 0.396. The van der Waals surface area contributed by atoms with Gasteiger partial charge in [-0.05, 0) is 0 Å².